The summed E-state index contributed by atoms with van der Waals surface area (Å²) in [6.07, 6.45) is 3.06. The van der Waals surface area contributed by atoms with Gasteiger partial charge < -0.3 is 9.15 Å². The van der Waals surface area contributed by atoms with E-state index in [1.807, 2.05) is 6.92 Å². The van der Waals surface area contributed by atoms with Crippen molar-refractivity contribution >= 4 is 35.1 Å². The van der Waals surface area contributed by atoms with Gasteiger partial charge in [0.2, 0.25) is 5.78 Å². The largest absolute Gasteiger partial charge is 0.484 e. The van der Waals surface area contributed by atoms with Crippen LogP contribution < -0.4 is 4.74 Å². The van der Waals surface area contributed by atoms with Crippen LogP contribution in [0.2, 0.25) is 10.0 Å². The minimum Gasteiger partial charge on any atom is -0.484 e. The molecule has 134 valence electrons. The molecular formula is C19H16Cl2N2O3. The highest BCUT2D eigenvalue weighted by Crippen LogP contribution is 2.28. The zero-order chi connectivity index (χ0) is 18.7. The molecular weight excluding hydrogens is 375 g/mol. The molecule has 7 heteroatoms. The van der Waals surface area contributed by atoms with Gasteiger partial charge in [0.25, 0.3) is 0 Å². The van der Waals surface area contributed by atoms with Gasteiger partial charge in [0.15, 0.2) is 0 Å². The minimum absolute atomic E-state index is 0.145. The zero-order valence-corrected chi connectivity index (χ0v) is 15.7. The molecule has 3 aromatic rings. The second-order valence-corrected chi connectivity index (χ2v) is 6.50. The molecule has 3 rings (SSSR count). The first kappa shape index (κ1) is 18.3. The molecule has 0 atom stereocenters. The molecule has 0 aliphatic carbocycles. The summed E-state index contributed by atoms with van der Waals surface area (Å²) in [5.41, 5.74) is 1.31. The van der Waals surface area contributed by atoms with Crippen LogP contribution in [0.5, 0.6) is 5.75 Å². The van der Waals surface area contributed by atoms with Crippen LogP contribution >= 0.6 is 23.2 Å². The van der Waals surface area contributed by atoms with Crippen LogP contribution in [0, 0.1) is 6.92 Å². The third-order valence-electron chi connectivity index (χ3n) is 3.60. The number of hydrogen-bond donors (Lipinski definition) is 0. The van der Waals surface area contributed by atoms with Crippen LogP contribution in [0.4, 0.5) is 0 Å². The Hall–Kier alpha value is -2.50. The lowest BCUT2D eigenvalue weighted by Gasteiger charge is -2.06. The lowest BCUT2D eigenvalue weighted by Crippen LogP contribution is -2.03. The maximum Gasteiger partial charge on any atom is 0.203 e. The smallest absolute Gasteiger partial charge is 0.203 e. The van der Waals surface area contributed by atoms with Crippen molar-refractivity contribution in [3.05, 3.63) is 75.4 Å². The van der Waals surface area contributed by atoms with E-state index in [1.165, 1.54) is 6.08 Å². The van der Waals surface area contributed by atoms with E-state index in [1.54, 1.807) is 54.2 Å². The van der Waals surface area contributed by atoms with Gasteiger partial charge in [-0.2, -0.15) is 5.10 Å². The van der Waals surface area contributed by atoms with Gasteiger partial charge in [0.05, 0.1) is 10.7 Å². The molecule has 0 unspecified atom stereocenters. The summed E-state index contributed by atoms with van der Waals surface area (Å²) in [4.78, 5) is 12.2. The number of benzene rings is 1. The average Bonchev–Trinajstić information content (AvgIpc) is 3.19. The predicted octanol–water partition coefficient (Wildman–Crippen LogP) is 5.10. The Bertz CT molecular complexity index is 973. The van der Waals surface area contributed by atoms with Gasteiger partial charge in [-0.3, -0.25) is 9.48 Å². The maximum absolute atomic E-state index is 12.2. The Labute approximate surface area is 160 Å². The van der Waals surface area contributed by atoms with Gasteiger partial charge in [-0.05, 0) is 49.4 Å². The Morgan fingerprint density at radius 3 is 2.81 bits per heavy atom. The summed E-state index contributed by atoms with van der Waals surface area (Å²) < 4.78 is 12.8. The second-order valence-electron chi connectivity index (χ2n) is 5.66. The van der Waals surface area contributed by atoms with E-state index in [0.29, 0.717) is 33.0 Å². The fraction of sp³-hybridized carbons (Fsp3) is 0.158. The van der Waals surface area contributed by atoms with Gasteiger partial charge in [-0.15, -0.1) is 0 Å². The van der Waals surface area contributed by atoms with Gasteiger partial charge in [0, 0.05) is 18.1 Å². The SMILES string of the molecule is Cc1cc(C(=O)/C=C/c2ccc(COc3cc(Cl)ccc3Cl)o2)n(C)n1. The Balaban J connectivity index is 1.63. The second kappa shape index (κ2) is 7.81. The number of furan rings is 1. The summed E-state index contributed by atoms with van der Waals surface area (Å²) in [7, 11) is 1.73. The van der Waals surface area contributed by atoms with Crippen molar-refractivity contribution in [3.8, 4) is 5.75 Å². The fourth-order valence-corrected chi connectivity index (χ4v) is 2.72. The molecule has 0 aliphatic heterocycles. The van der Waals surface area contributed by atoms with Crippen LogP contribution in [0.1, 0.15) is 27.7 Å². The van der Waals surface area contributed by atoms with Gasteiger partial charge in [-0.25, -0.2) is 0 Å². The highest BCUT2D eigenvalue weighted by molar-refractivity contribution is 6.34. The van der Waals surface area contributed by atoms with Crippen molar-refractivity contribution in [2.75, 3.05) is 0 Å². The van der Waals surface area contributed by atoms with Crippen LogP contribution in [0.15, 0.2) is 46.9 Å². The van der Waals surface area contributed by atoms with E-state index >= 15 is 0 Å². The molecule has 0 bridgehead atoms. The van der Waals surface area contributed by atoms with Crippen LogP contribution in [0.25, 0.3) is 6.08 Å². The van der Waals surface area contributed by atoms with Gasteiger partial charge in [-0.1, -0.05) is 23.2 Å². The van der Waals surface area contributed by atoms with E-state index in [9.17, 15) is 4.79 Å². The molecule has 0 radical (unpaired) electrons. The van der Waals surface area contributed by atoms with Crippen molar-refractivity contribution < 1.29 is 13.9 Å². The summed E-state index contributed by atoms with van der Waals surface area (Å²) in [5, 5.41) is 5.17. The van der Waals surface area contributed by atoms with Crippen LogP contribution in [0.3, 0.4) is 0 Å². The van der Waals surface area contributed by atoms with Gasteiger partial charge >= 0.3 is 0 Å². The van der Waals surface area contributed by atoms with E-state index in [4.69, 9.17) is 32.4 Å². The standard InChI is InChI=1S/C19H16Cl2N2O3/c1-12-9-17(23(2)22-12)18(24)8-6-14-4-5-15(26-14)11-25-19-10-13(20)3-7-16(19)21/h3-10H,11H2,1-2H3/b8-6+. The molecule has 0 amide bonds. The number of allylic oxidation sites excluding steroid dienone is 1. The van der Waals surface area contributed by atoms with Crippen molar-refractivity contribution in [2.45, 2.75) is 13.5 Å². The summed E-state index contributed by atoms with van der Waals surface area (Å²) in [5.74, 6) is 1.49. The molecule has 1 aromatic carbocycles. The van der Waals surface area contributed by atoms with Crippen molar-refractivity contribution in [1.29, 1.82) is 0 Å². The molecule has 2 aromatic heterocycles. The third-order valence-corrected chi connectivity index (χ3v) is 4.15. The minimum atomic E-state index is -0.145. The number of hydrogen-bond acceptors (Lipinski definition) is 4. The summed E-state index contributed by atoms with van der Waals surface area (Å²) in [6, 6.07) is 10.3. The Morgan fingerprint density at radius 2 is 2.08 bits per heavy atom. The number of ketones is 1. The average molecular weight is 391 g/mol. The molecule has 0 saturated carbocycles. The number of ether oxygens (including phenoxy) is 1. The monoisotopic (exact) mass is 390 g/mol. The number of carbonyl (C=O) groups is 1. The molecule has 5 nitrogen and oxygen atoms in total. The van der Waals surface area contributed by atoms with E-state index < -0.39 is 0 Å². The van der Waals surface area contributed by atoms with Crippen LogP contribution in [-0.2, 0) is 13.7 Å². The molecule has 0 spiro atoms. The van der Waals surface area contributed by atoms with E-state index in [2.05, 4.69) is 5.10 Å². The van der Waals surface area contributed by atoms with Crippen LogP contribution in [-0.4, -0.2) is 15.6 Å². The number of carbonyl (C=O) groups excluding carboxylic acids is 1. The lowest BCUT2D eigenvalue weighted by molar-refractivity contribution is 0.103. The summed E-state index contributed by atoms with van der Waals surface area (Å²) >= 11 is 12.0. The zero-order valence-electron chi connectivity index (χ0n) is 14.2. The quantitative estimate of drug-likeness (QED) is 0.433. The van der Waals surface area contributed by atoms with Crippen molar-refractivity contribution in [3.63, 3.8) is 0 Å². The van der Waals surface area contributed by atoms with E-state index in [0.717, 1.165) is 5.69 Å². The first-order chi connectivity index (χ1) is 12.4. The number of halogens is 2. The van der Waals surface area contributed by atoms with Gasteiger partial charge in [0.1, 0.15) is 29.6 Å². The first-order valence-electron chi connectivity index (χ1n) is 7.82. The Morgan fingerprint density at radius 1 is 1.27 bits per heavy atom. The predicted molar refractivity (Wildman–Crippen MR) is 101 cm³/mol. The van der Waals surface area contributed by atoms with Crippen molar-refractivity contribution in [2.24, 2.45) is 7.05 Å². The molecule has 2 heterocycles. The molecule has 26 heavy (non-hydrogen) atoms. The molecule has 0 N–H and O–H groups in total. The first-order valence-corrected chi connectivity index (χ1v) is 8.57. The molecule has 0 saturated heterocycles. The topological polar surface area (TPSA) is 57.3 Å². The third kappa shape index (κ3) is 4.36. The fourth-order valence-electron chi connectivity index (χ4n) is 2.38. The number of aromatic nitrogens is 2. The molecule has 0 aliphatic rings. The maximum atomic E-state index is 12.2. The van der Waals surface area contributed by atoms with E-state index in [-0.39, 0.29) is 12.4 Å². The van der Waals surface area contributed by atoms with Crippen molar-refractivity contribution in [1.82, 2.24) is 9.78 Å². The number of aryl methyl sites for hydroxylation is 2. The Kier molecular flexibility index (Phi) is 5.49. The highest BCUT2D eigenvalue weighted by Gasteiger charge is 2.09. The number of nitrogens with zero attached hydrogens (tertiary/aromatic N) is 2. The number of rotatable bonds is 6. The highest BCUT2D eigenvalue weighted by atomic mass is 35.5. The normalized spacial score (nSPS) is 11.2. The lowest BCUT2D eigenvalue weighted by atomic mass is 10.2. The molecule has 0 fully saturated rings. The summed E-state index contributed by atoms with van der Waals surface area (Å²) in [6.45, 7) is 2.04.